The van der Waals surface area contributed by atoms with Gasteiger partial charge in [0.2, 0.25) is 11.9 Å². The number of hydrogen-bond donors (Lipinski definition) is 1. The number of nitrogens with zero attached hydrogens (tertiary/aromatic N) is 8. The monoisotopic (exact) mass is 673 g/mol. The largest absolute Gasteiger partial charge is 0.355 e. The van der Waals surface area contributed by atoms with E-state index in [4.69, 9.17) is 14.7 Å². The highest BCUT2D eigenvalue weighted by Crippen LogP contribution is 2.46. The van der Waals surface area contributed by atoms with Crippen LogP contribution in [0.25, 0.3) is 0 Å². The van der Waals surface area contributed by atoms with Crippen LogP contribution in [0, 0.1) is 0 Å². The van der Waals surface area contributed by atoms with Crippen LogP contribution in [0.5, 0.6) is 0 Å². The summed E-state index contributed by atoms with van der Waals surface area (Å²) in [4.78, 5) is 40.2. The lowest BCUT2D eigenvalue weighted by atomic mass is 9.89. The molecule has 4 aliphatic heterocycles. The zero-order chi connectivity index (χ0) is 33.4. The molecule has 15 heteroatoms. The predicted molar refractivity (Wildman–Crippen MR) is 170 cm³/mol. The summed E-state index contributed by atoms with van der Waals surface area (Å²) in [7, 11) is 0. The number of alkyl halides is 4. The number of rotatable bonds is 7. The van der Waals surface area contributed by atoms with Crippen LogP contribution in [-0.2, 0) is 34.2 Å². The third-order valence-electron chi connectivity index (χ3n) is 11.1. The highest BCUT2D eigenvalue weighted by atomic mass is 19.3. The number of ether oxygens (including phenoxy) is 1. The number of nitrogens with one attached hydrogen (secondary N) is 1. The lowest BCUT2D eigenvalue weighted by Gasteiger charge is -2.45. The van der Waals surface area contributed by atoms with Gasteiger partial charge in [-0.15, -0.1) is 0 Å². The molecule has 6 aliphatic rings. The predicted octanol–water partition coefficient (Wildman–Crippen LogP) is 3.70. The Bertz CT molecular complexity index is 1580. The minimum atomic E-state index is -3.14. The first kappa shape index (κ1) is 31.9. The van der Waals surface area contributed by atoms with Crippen molar-refractivity contribution in [1.29, 1.82) is 0 Å². The molecule has 0 aromatic carbocycles. The van der Waals surface area contributed by atoms with Crippen LogP contribution in [0.1, 0.15) is 86.7 Å². The summed E-state index contributed by atoms with van der Waals surface area (Å²) in [5.41, 5.74) is 0.503. The molecule has 8 rings (SSSR count). The Hall–Kier alpha value is -3.33. The summed E-state index contributed by atoms with van der Waals surface area (Å²) in [6.45, 7) is 8.20. The van der Waals surface area contributed by atoms with Gasteiger partial charge in [0, 0.05) is 88.4 Å². The normalized spacial score (nSPS) is 27.0. The quantitative estimate of drug-likeness (QED) is 0.438. The number of fused-ring (bicyclic) bond motifs is 2. The second-order valence-electron chi connectivity index (χ2n) is 14.3. The second-order valence-corrected chi connectivity index (χ2v) is 14.3. The summed E-state index contributed by atoms with van der Waals surface area (Å²) in [5, 5.41) is 3.25. The third-order valence-corrected chi connectivity index (χ3v) is 11.1. The van der Waals surface area contributed by atoms with E-state index in [-0.39, 0.29) is 60.3 Å². The third kappa shape index (κ3) is 5.44. The van der Waals surface area contributed by atoms with Crippen molar-refractivity contribution >= 4 is 23.6 Å². The first-order chi connectivity index (χ1) is 23.0. The fourth-order valence-electron chi connectivity index (χ4n) is 7.79. The van der Waals surface area contributed by atoms with Gasteiger partial charge in [0.15, 0.2) is 6.10 Å². The molecule has 0 saturated carbocycles. The second kappa shape index (κ2) is 11.9. The highest BCUT2D eigenvalue weighted by Gasteiger charge is 2.47. The van der Waals surface area contributed by atoms with E-state index in [1.165, 1.54) is 0 Å². The lowest BCUT2D eigenvalue weighted by Crippen LogP contribution is -2.56. The van der Waals surface area contributed by atoms with Gasteiger partial charge in [0.1, 0.15) is 17.2 Å². The van der Waals surface area contributed by atoms with Gasteiger partial charge in [0.05, 0.1) is 11.8 Å². The van der Waals surface area contributed by atoms with E-state index in [1.54, 1.807) is 4.90 Å². The summed E-state index contributed by atoms with van der Waals surface area (Å²) in [5.74, 6) is -5.45. The van der Waals surface area contributed by atoms with Crippen LogP contribution in [0.15, 0.2) is 0 Å². The molecule has 0 spiro atoms. The Morgan fingerprint density at radius 2 is 1.38 bits per heavy atom. The van der Waals surface area contributed by atoms with Crippen LogP contribution in [0.4, 0.5) is 35.3 Å². The van der Waals surface area contributed by atoms with Gasteiger partial charge in [-0.2, -0.15) is 22.5 Å². The minimum Gasteiger partial charge on any atom is -0.355 e. The molecule has 2 aromatic heterocycles. The van der Waals surface area contributed by atoms with Gasteiger partial charge >= 0.3 is 0 Å². The van der Waals surface area contributed by atoms with E-state index in [0.29, 0.717) is 94.5 Å². The molecule has 6 heterocycles. The highest BCUT2D eigenvalue weighted by molar-refractivity contribution is 5.83. The molecular weight excluding hydrogens is 630 g/mol. The first-order valence-electron chi connectivity index (χ1n) is 17.5. The average Bonchev–Trinajstić information content (AvgIpc) is 3.03. The van der Waals surface area contributed by atoms with Gasteiger partial charge in [-0.1, -0.05) is 0 Å². The molecule has 1 amide bonds. The molecule has 2 unspecified atom stereocenters. The molecule has 260 valence electrons. The van der Waals surface area contributed by atoms with Crippen molar-refractivity contribution in [2.75, 3.05) is 67.1 Å². The summed E-state index contributed by atoms with van der Waals surface area (Å²) in [6, 6.07) is 0.277. The number of carbonyl (C=O) groups is 1. The molecule has 0 radical (unpaired) electrons. The van der Waals surface area contributed by atoms with E-state index in [1.807, 2.05) is 28.5 Å². The van der Waals surface area contributed by atoms with Crippen molar-refractivity contribution in [3.8, 4) is 0 Å². The van der Waals surface area contributed by atoms with Crippen LogP contribution in [-0.4, -0.2) is 101 Å². The molecule has 3 atom stereocenters. The van der Waals surface area contributed by atoms with Crippen molar-refractivity contribution in [1.82, 2.24) is 30.2 Å². The number of hydrogen-bond acceptors (Lipinski definition) is 10. The SMILES string of the molecule is CC1CCN1c1nc([C@H](OC2CN(c3nc(N4CCC4C)nc4c3CCCC4(F)F)C2)C(=O)N2CCNCC2)c2c(n1)C(F)(F)CCC2. The summed E-state index contributed by atoms with van der Waals surface area (Å²) >= 11 is 0. The molecule has 2 aliphatic carbocycles. The Morgan fingerprint density at radius 1 is 0.812 bits per heavy atom. The number of carbonyl (C=O) groups excluding carboxylic acids is 1. The Balaban J connectivity index is 1.12. The van der Waals surface area contributed by atoms with Gasteiger partial charge in [0.25, 0.3) is 17.8 Å². The molecule has 2 aromatic rings. The van der Waals surface area contributed by atoms with Crippen molar-refractivity contribution in [3.63, 3.8) is 0 Å². The fraction of sp³-hybridized carbons (Fsp3) is 0.727. The summed E-state index contributed by atoms with van der Waals surface area (Å²) in [6.07, 6.45) is 1.03. The van der Waals surface area contributed by atoms with Gasteiger partial charge in [-0.25, -0.2) is 15.0 Å². The van der Waals surface area contributed by atoms with E-state index in [9.17, 15) is 4.79 Å². The van der Waals surface area contributed by atoms with E-state index in [0.717, 1.165) is 12.8 Å². The van der Waals surface area contributed by atoms with Gasteiger partial charge in [-0.3, -0.25) is 4.79 Å². The van der Waals surface area contributed by atoms with Crippen LogP contribution in [0.2, 0.25) is 0 Å². The van der Waals surface area contributed by atoms with Crippen molar-refractivity contribution in [2.24, 2.45) is 0 Å². The van der Waals surface area contributed by atoms with Crippen molar-refractivity contribution in [3.05, 3.63) is 28.2 Å². The zero-order valence-corrected chi connectivity index (χ0v) is 27.5. The van der Waals surface area contributed by atoms with Gasteiger partial charge < -0.3 is 29.7 Å². The van der Waals surface area contributed by atoms with Crippen LogP contribution < -0.4 is 20.0 Å². The molecule has 4 saturated heterocycles. The topological polar surface area (TPSA) is 103 Å². The smallest absolute Gasteiger partial charge is 0.290 e. The number of anilines is 3. The number of halogens is 4. The van der Waals surface area contributed by atoms with E-state index in [2.05, 4.69) is 15.3 Å². The molecule has 48 heavy (non-hydrogen) atoms. The standard InChI is InChI=1S/C33H43F4N9O2/c1-19-7-13-45(19)30-39-24(22-5-3-9-32(34,35)26(22)40-30)25(29(47)43-15-11-38-12-16-43)48-21-17-44(18-21)28-23-6-4-10-33(36,37)27(23)41-31(42-28)46-14-8-20(46)2/h19-21,25,38H,3-18H2,1-2H3/t19?,20?,25-/m0/s1. The minimum absolute atomic E-state index is 0.104. The first-order valence-corrected chi connectivity index (χ1v) is 17.5. The summed E-state index contributed by atoms with van der Waals surface area (Å²) < 4.78 is 67.9. The molecule has 11 nitrogen and oxygen atoms in total. The van der Waals surface area contributed by atoms with E-state index < -0.39 is 24.1 Å². The van der Waals surface area contributed by atoms with Crippen molar-refractivity contribution in [2.45, 2.75) is 101 Å². The Morgan fingerprint density at radius 3 is 1.94 bits per heavy atom. The average molecular weight is 674 g/mol. The van der Waals surface area contributed by atoms with Gasteiger partial charge in [-0.05, 0) is 52.4 Å². The molecular formula is C33H43F4N9O2. The Labute approximate surface area is 277 Å². The zero-order valence-electron chi connectivity index (χ0n) is 27.5. The maximum atomic E-state index is 15.4. The number of piperazine rings is 1. The van der Waals surface area contributed by atoms with Crippen LogP contribution in [0.3, 0.4) is 0 Å². The van der Waals surface area contributed by atoms with E-state index >= 15 is 17.6 Å². The molecule has 1 N–H and O–H groups in total. The maximum Gasteiger partial charge on any atom is 0.290 e. The maximum absolute atomic E-state index is 15.4. The lowest BCUT2D eigenvalue weighted by molar-refractivity contribution is -0.150. The number of aromatic nitrogens is 4. The molecule has 4 fully saturated rings. The fourth-order valence-corrected chi connectivity index (χ4v) is 7.79. The van der Waals surface area contributed by atoms with Crippen LogP contribution >= 0.6 is 0 Å². The number of amides is 1. The molecule has 0 bridgehead atoms. The Kier molecular flexibility index (Phi) is 7.92. The van der Waals surface area contributed by atoms with Crippen molar-refractivity contribution < 1.29 is 27.1 Å².